The highest BCUT2D eigenvalue weighted by atomic mass is 16.5. The third-order valence-electron chi connectivity index (χ3n) is 4.37. The quantitative estimate of drug-likeness (QED) is 0.562. The van der Waals surface area contributed by atoms with Gasteiger partial charge in [-0.1, -0.05) is 42.5 Å². The standard InChI is InChI=1S/C23H22N2O4/c1-27-21-8-4-5-9-22(21)29-15-14-28-20-11-10-17-6-2-3-7-18(17)19(20)16-25-23(26)12-13-24/h2-11H,12,14-16H2,1H3,(H,25,26). The van der Waals surface area contributed by atoms with Crippen molar-refractivity contribution in [2.75, 3.05) is 20.3 Å². The van der Waals surface area contributed by atoms with Crippen molar-refractivity contribution in [1.29, 1.82) is 5.26 Å². The summed E-state index contributed by atoms with van der Waals surface area (Å²) in [5, 5.41) is 13.5. The maximum absolute atomic E-state index is 11.7. The number of methoxy groups -OCH3 is 1. The van der Waals surface area contributed by atoms with E-state index in [2.05, 4.69) is 5.32 Å². The van der Waals surface area contributed by atoms with Crippen LogP contribution < -0.4 is 19.5 Å². The normalized spacial score (nSPS) is 10.2. The molecular weight excluding hydrogens is 368 g/mol. The van der Waals surface area contributed by atoms with Crippen LogP contribution in [-0.4, -0.2) is 26.2 Å². The van der Waals surface area contributed by atoms with E-state index in [-0.39, 0.29) is 18.9 Å². The predicted molar refractivity (Wildman–Crippen MR) is 110 cm³/mol. The van der Waals surface area contributed by atoms with E-state index in [0.29, 0.717) is 30.5 Å². The highest BCUT2D eigenvalue weighted by Gasteiger charge is 2.11. The van der Waals surface area contributed by atoms with Crippen LogP contribution in [0.3, 0.4) is 0 Å². The smallest absolute Gasteiger partial charge is 0.234 e. The molecule has 0 unspecified atom stereocenters. The van der Waals surface area contributed by atoms with Gasteiger partial charge in [-0.3, -0.25) is 4.79 Å². The lowest BCUT2D eigenvalue weighted by atomic mass is 10.0. The summed E-state index contributed by atoms with van der Waals surface area (Å²) in [6, 6.07) is 21.0. The molecule has 6 heteroatoms. The fourth-order valence-corrected chi connectivity index (χ4v) is 3.00. The summed E-state index contributed by atoms with van der Waals surface area (Å²) in [7, 11) is 1.60. The Bertz CT molecular complexity index is 1030. The molecule has 0 heterocycles. The molecule has 0 saturated carbocycles. The highest BCUT2D eigenvalue weighted by molar-refractivity contribution is 5.88. The average molecular weight is 390 g/mol. The summed E-state index contributed by atoms with van der Waals surface area (Å²) < 4.78 is 17.0. The van der Waals surface area contributed by atoms with E-state index in [1.807, 2.05) is 66.7 Å². The third kappa shape index (κ3) is 5.17. The predicted octanol–water partition coefficient (Wildman–Crippen LogP) is 3.84. The van der Waals surface area contributed by atoms with Crippen molar-refractivity contribution in [2.45, 2.75) is 13.0 Å². The molecule has 0 aliphatic carbocycles. The molecular formula is C23H22N2O4. The van der Waals surface area contributed by atoms with Crippen molar-refractivity contribution < 1.29 is 19.0 Å². The molecule has 0 spiro atoms. The van der Waals surface area contributed by atoms with E-state index >= 15 is 0 Å². The number of benzene rings is 3. The Kier molecular flexibility index (Phi) is 6.90. The number of hydrogen-bond acceptors (Lipinski definition) is 5. The topological polar surface area (TPSA) is 80.6 Å². The van der Waals surface area contributed by atoms with E-state index in [9.17, 15) is 4.79 Å². The van der Waals surface area contributed by atoms with E-state index < -0.39 is 0 Å². The molecule has 0 atom stereocenters. The van der Waals surface area contributed by atoms with Gasteiger partial charge in [0.15, 0.2) is 11.5 Å². The first-order valence-corrected chi connectivity index (χ1v) is 9.26. The molecule has 148 valence electrons. The molecule has 0 saturated heterocycles. The lowest BCUT2D eigenvalue weighted by Gasteiger charge is -2.16. The highest BCUT2D eigenvalue weighted by Crippen LogP contribution is 2.29. The number of hydrogen-bond donors (Lipinski definition) is 1. The van der Waals surface area contributed by atoms with Crippen LogP contribution in [0.15, 0.2) is 60.7 Å². The van der Waals surface area contributed by atoms with Gasteiger partial charge in [0.05, 0.1) is 13.2 Å². The molecule has 6 nitrogen and oxygen atoms in total. The summed E-state index contributed by atoms with van der Waals surface area (Å²) in [5.74, 6) is 1.68. The number of nitriles is 1. The van der Waals surface area contributed by atoms with Crippen LogP contribution in [0.25, 0.3) is 10.8 Å². The number of nitrogens with zero attached hydrogens (tertiary/aromatic N) is 1. The number of para-hydroxylation sites is 2. The van der Waals surface area contributed by atoms with Crippen molar-refractivity contribution in [3.05, 3.63) is 66.2 Å². The van der Waals surface area contributed by atoms with Crippen LogP contribution in [0.2, 0.25) is 0 Å². The maximum atomic E-state index is 11.7. The van der Waals surface area contributed by atoms with Crippen LogP contribution in [0.1, 0.15) is 12.0 Å². The summed E-state index contributed by atoms with van der Waals surface area (Å²) >= 11 is 0. The van der Waals surface area contributed by atoms with Gasteiger partial charge >= 0.3 is 0 Å². The second-order valence-corrected chi connectivity index (χ2v) is 6.22. The first kappa shape index (κ1) is 20.0. The molecule has 29 heavy (non-hydrogen) atoms. The maximum Gasteiger partial charge on any atom is 0.234 e. The molecule has 3 aromatic carbocycles. The van der Waals surface area contributed by atoms with E-state index in [1.54, 1.807) is 7.11 Å². The zero-order valence-electron chi connectivity index (χ0n) is 16.2. The Morgan fingerprint density at radius 2 is 1.62 bits per heavy atom. The number of amides is 1. The monoisotopic (exact) mass is 390 g/mol. The van der Waals surface area contributed by atoms with Crippen LogP contribution in [0.4, 0.5) is 0 Å². The van der Waals surface area contributed by atoms with Crippen LogP contribution in [0.5, 0.6) is 17.2 Å². The van der Waals surface area contributed by atoms with E-state index in [0.717, 1.165) is 16.3 Å². The van der Waals surface area contributed by atoms with Gasteiger partial charge in [0.1, 0.15) is 25.4 Å². The van der Waals surface area contributed by atoms with Crippen molar-refractivity contribution in [2.24, 2.45) is 0 Å². The summed E-state index contributed by atoms with van der Waals surface area (Å²) in [4.78, 5) is 11.7. The molecule has 1 amide bonds. The molecule has 1 N–H and O–H groups in total. The summed E-state index contributed by atoms with van der Waals surface area (Å²) in [5.41, 5.74) is 0.867. The van der Waals surface area contributed by atoms with Gasteiger partial charge in [-0.05, 0) is 29.0 Å². The number of ether oxygens (including phenoxy) is 3. The minimum atomic E-state index is -0.314. The minimum absolute atomic E-state index is 0.173. The Morgan fingerprint density at radius 1 is 0.931 bits per heavy atom. The van der Waals surface area contributed by atoms with Crippen molar-refractivity contribution in [3.63, 3.8) is 0 Å². The molecule has 3 rings (SSSR count). The number of carbonyl (C=O) groups excluding carboxylic acids is 1. The molecule has 0 fully saturated rings. The minimum Gasteiger partial charge on any atom is -0.493 e. The SMILES string of the molecule is COc1ccccc1OCCOc1ccc2ccccc2c1CNC(=O)CC#N. The van der Waals surface area contributed by atoms with Gasteiger partial charge in [0.25, 0.3) is 0 Å². The van der Waals surface area contributed by atoms with E-state index in [4.69, 9.17) is 19.5 Å². The second kappa shape index (κ2) is 10.00. The number of nitrogens with one attached hydrogen (secondary N) is 1. The Balaban J connectivity index is 1.70. The van der Waals surface area contributed by atoms with Gasteiger partial charge in [-0.25, -0.2) is 0 Å². The molecule has 0 aromatic heterocycles. The number of carbonyl (C=O) groups is 1. The van der Waals surface area contributed by atoms with E-state index in [1.165, 1.54) is 0 Å². The molecule has 0 aliphatic rings. The third-order valence-corrected chi connectivity index (χ3v) is 4.37. The van der Waals surface area contributed by atoms with Gasteiger partial charge < -0.3 is 19.5 Å². The molecule has 0 radical (unpaired) electrons. The summed E-state index contributed by atoms with van der Waals surface area (Å²) in [6.45, 7) is 0.952. The molecule has 0 aliphatic heterocycles. The largest absolute Gasteiger partial charge is 0.493 e. The lowest BCUT2D eigenvalue weighted by molar-refractivity contribution is -0.120. The lowest BCUT2D eigenvalue weighted by Crippen LogP contribution is -2.22. The van der Waals surface area contributed by atoms with Crippen LogP contribution in [-0.2, 0) is 11.3 Å². The zero-order valence-corrected chi connectivity index (χ0v) is 16.2. The first-order chi connectivity index (χ1) is 14.2. The van der Waals surface area contributed by atoms with Crippen molar-refractivity contribution in [1.82, 2.24) is 5.32 Å². The Hall–Kier alpha value is -3.72. The fourth-order valence-electron chi connectivity index (χ4n) is 3.00. The number of fused-ring (bicyclic) bond motifs is 1. The van der Waals surface area contributed by atoms with Gasteiger partial charge in [-0.2, -0.15) is 5.26 Å². The average Bonchev–Trinajstić information content (AvgIpc) is 2.76. The Labute approximate surface area is 169 Å². The van der Waals surface area contributed by atoms with Crippen LogP contribution in [0, 0.1) is 11.3 Å². The number of rotatable bonds is 9. The second-order valence-electron chi connectivity index (χ2n) is 6.22. The van der Waals surface area contributed by atoms with Gasteiger partial charge in [0.2, 0.25) is 5.91 Å². The molecule has 0 bridgehead atoms. The van der Waals surface area contributed by atoms with Gasteiger partial charge in [-0.15, -0.1) is 0 Å². The van der Waals surface area contributed by atoms with Crippen LogP contribution >= 0.6 is 0 Å². The zero-order chi connectivity index (χ0) is 20.5. The summed E-state index contributed by atoms with van der Waals surface area (Å²) in [6.07, 6.45) is -0.173. The fraction of sp³-hybridized carbons (Fsp3) is 0.217. The van der Waals surface area contributed by atoms with Gasteiger partial charge in [0, 0.05) is 12.1 Å². The Morgan fingerprint density at radius 3 is 2.38 bits per heavy atom. The first-order valence-electron chi connectivity index (χ1n) is 9.26. The van der Waals surface area contributed by atoms with Crippen molar-refractivity contribution in [3.8, 4) is 23.3 Å². The molecule has 3 aromatic rings. The van der Waals surface area contributed by atoms with Crippen molar-refractivity contribution >= 4 is 16.7 Å².